The first-order chi connectivity index (χ1) is 32.2. The van der Waals surface area contributed by atoms with Gasteiger partial charge in [-0.15, -0.1) is 0 Å². The Morgan fingerprint density at radius 1 is 0.354 bits per heavy atom. The van der Waals surface area contributed by atoms with Crippen LogP contribution < -0.4 is 0 Å². The third-order valence-electron chi connectivity index (χ3n) is 14.9. The standard InChI is InChI=1S/C63H37NO/c1-2-16-41-37(15-1)34-51-42(22-13-24-44(41)51)38-31-39(43-23-14-25-50-49-21-7-12-30-60(49)65-62(43)50)33-40(32-38)61-54-35-53-47-19-5-10-28-57(47)63(58(53)36-52(54)48-20-6-11-29-59(48)64-61)55-26-8-3-17-45(55)46-18-4-9-27-56(46)63/h1-33,35-36H,34H2. The molecule has 0 bridgehead atoms. The van der Waals surface area contributed by atoms with E-state index in [-0.39, 0.29) is 0 Å². The number of hydrogen-bond acceptors (Lipinski definition) is 2. The second-order valence-corrected chi connectivity index (χ2v) is 18.1. The number of aromatic nitrogens is 1. The van der Waals surface area contributed by atoms with Crippen molar-refractivity contribution in [1.82, 2.24) is 4.98 Å². The fourth-order valence-electron chi connectivity index (χ4n) is 12.2. The highest BCUT2D eigenvalue weighted by atomic mass is 16.3. The van der Waals surface area contributed by atoms with Gasteiger partial charge in [0.15, 0.2) is 0 Å². The zero-order valence-corrected chi connectivity index (χ0v) is 35.3. The van der Waals surface area contributed by atoms with E-state index in [9.17, 15) is 0 Å². The summed E-state index contributed by atoms with van der Waals surface area (Å²) in [5, 5.41) is 5.75. The van der Waals surface area contributed by atoms with Crippen molar-refractivity contribution < 1.29 is 4.42 Å². The highest BCUT2D eigenvalue weighted by Gasteiger charge is 2.51. The predicted octanol–water partition coefficient (Wildman–Crippen LogP) is 16.2. The van der Waals surface area contributed by atoms with E-state index < -0.39 is 5.41 Å². The molecule has 1 spiro atoms. The van der Waals surface area contributed by atoms with E-state index in [1.165, 1.54) is 83.3 Å². The quantitative estimate of drug-likeness (QED) is 0.166. The molecule has 0 N–H and O–H groups in total. The fourth-order valence-corrected chi connectivity index (χ4v) is 12.2. The molecule has 2 heterocycles. The summed E-state index contributed by atoms with van der Waals surface area (Å²) < 4.78 is 6.74. The van der Waals surface area contributed by atoms with Gasteiger partial charge >= 0.3 is 0 Å². The van der Waals surface area contributed by atoms with Crippen LogP contribution >= 0.6 is 0 Å². The van der Waals surface area contributed by atoms with Crippen molar-refractivity contribution in [2.75, 3.05) is 0 Å². The van der Waals surface area contributed by atoms with Gasteiger partial charge in [-0.05, 0) is 138 Å². The molecule has 0 radical (unpaired) electrons. The third-order valence-corrected chi connectivity index (χ3v) is 14.9. The Morgan fingerprint density at radius 3 is 1.69 bits per heavy atom. The molecule has 0 fully saturated rings. The smallest absolute Gasteiger partial charge is 0.143 e. The maximum Gasteiger partial charge on any atom is 0.143 e. The first kappa shape index (κ1) is 35.2. The average Bonchev–Trinajstić information content (AvgIpc) is 4.11. The first-order valence-corrected chi connectivity index (χ1v) is 22.7. The van der Waals surface area contributed by atoms with Crippen molar-refractivity contribution in [2.45, 2.75) is 11.8 Å². The van der Waals surface area contributed by atoms with Gasteiger partial charge in [-0.2, -0.15) is 0 Å². The third kappa shape index (κ3) is 4.65. The number of furan rings is 1. The number of fused-ring (bicyclic) bond motifs is 19. The lowest BCUT2D eigenvalue weighted by atomic mass is 9.70. The molecule has 300 valence electrons. The van der Waals surface area contributed by atoms with Crippen LogP contribution in [0.3, 0.4) is 0 Å². The fraction of sp³-hybridized carbons (Fsp3) is 0.0317. The van der Waals surface area contributed by atoms with E-state index in [2.05, 4.69) is 212 Å². The molecule has 2 aromatic heterocycles. The van der Waals surface area contributed by atoms with Gasteiger partial charge in [0, 0.05) is 32.7 Å². The van der Waals surface area contributed by atoms with Crippen molar-refractivity contribution >= 4 is 43.6 Å². The molecule has 15 rings (SSSR count). The van der Waals surface area contributed by atoms with Crippen LogP contribution in [0.25, 0.3) is 111 Å². The number of pyridine rings is 1. The van der Waals surface area contributed by atoms with Crippen LogP contribution in [0.2, 0.25) is 0 Å². The highest BCUT2D eigenvalue weighted by molar-refractivity contribution is 6.15. The summed E-state index contributed by atoms with van der Waals surface area (Å²) in [5.74, 6) is 0. The van der Waals surface area contributed by atoms with Gasteiger partial charge < -0.3 is 4.42 Å². The van der Waals surface area contributed by atoms with Gasteiger partial charge in [0.05, 0.1) is 16.6 Å². The summed E-state index contributed by atoms with van der Waals surface area (Å²) in [5.41, 5.74) is 24.9. The molecule has 0 amide bonds. The lowest BCUT2D eigenvalue weighted by Crippen LogP contribution is -2.25. The van der Waals surface area contributed by atoms with E-state index in [1.807, 2.05) is 0 Å². The minimum absolute atomic E-state index is 0.443. The van der Waals surface area contributed by atoms with Crippen LogP contribution in [-0.4, -0.2) is 4.98 Å². The topological polar surface area (TPSA) is 26.0 Å². The highest BCUT2D eigenvalue weighted by Crippen LogP contribution is 2.63. The van der Waals surface area contributed by atoms with Crippen LogP contribution in [0.4, 0.5) is 0 Å². The maximum atomic E-state index is 6.74. The largest absolute Gasteiger partial charge is 0.455 e. The molecule has 12 aromatic rings. The summed E-state index contributed by atoms with van der Waals surface area (Å²) in [4.78, 5) is 5.66. The van der Waals surface area contributed by atoms with Crippen molar-refractivity contribution in [2.24, 2.45) is 0 Å². The number of para-hydroxylation sites is 3. The molecule has 0 unspecified atom stereocenters. The summed E-state index contributed by atoms with van der Waals surface area (Å²) >= 11 is 0. The number of nitrogens with zero attached hydrogens (tertiary/aromatic N) is 1. The van der Waals surface area contributed by atoms with Gasteiger partial charge in [-0.1, -0.05) is 170 Å². The van der Waals surface area contributed by atoms with Gasteiger partial charge in [0.25, 0.3) is 0 Å². The SMILES string of the molecule is c1ccc2c(c1)Cc1c(-c3cc(-c4nc5ccccc5c5cc6c(cc45)-c4ccccc4C64c5ccccc5-c5ccccc54)cc(-c4cccc5c4oc4ccccc45)c3)cccc1-2. The Morgan fingerprint density at radius 2 is 0.908 bits per heavy atom. The van der Waals surface area contributed by atoms with Crippen LogP contribution in [0.5, 0.6) is 0 Å². The number of benzene rings is 10. The molecule has 0 atom stereocenters. The van der Waals surface area contributed by atoms with Crippen molar-refractivity contribution in [1.29, 1.82) is 0 Å². The molecule has 10 aromatic carbocycles. The van der Waals surface area contributed by atoms with Gasteiger partial charge in [-0.3, -0.25) is 0 Å². The Labute approximate surface area is 375 Å². The Kier molecular flexibility index (Phi) is 6.97. The maximum absolute atomic E-state index is 6.74. The Balaban J connectivity index is 1.04. The average molecular weight is 824 g/mol. The predicted molar refractivity (Wildman–Crippen MR) is 267 cm³/mol. The first-order valence-electron chi connectivity index (χ1n) is 22.7. The van der Waals surface area contributed by atoms with Crippen molar-refractivity contribution in [3.63, 3.8) is 0 Å². The molecular formula is C63H37NO. The number of rotatable bonds is 3. The Bertz CT molecular complexity index is 4010. The van der Waals surface area contributed by atoms with Gasteiger partial charge in [0.1, 0.15) is 11.2 Å². The van der Waals surface area contributed by atoms with Crippen molar-refractivity contribution in [3.8, 4) is 66.9 Å². The van der Waals surface area contributed by atoms with E-state index in [0.717, 1.165) is 67.0 Å². The normalized spacial score (nSPS) is 13.6. The monoisotopic (exact) mass is 823 g/mol. The molecule has 65 heavy (non-hydrogen) atoms. The molecule has 0 saturated heterocycles. The molecule has 3 aliphatic carbocycles. The molecular weight excluding hydrogens is 787 g/mol. The van der Waals surface area contributed by atoms with Gasteiger partial charge in [0.2, 0.25) is 0 Å². The zero-order chi connectivity index (χ0) is 42.4. The minimum atomic E-state index is -0.443. The zero-order valence-electron chi connectivity index (χ0n) is 35.3. The summed E-state index contributed by atoms with van der Waals surface area (Å²) in [6.45, 7) is 0. The molecule has 0 aliphatic heterocycles. The van der Waals surface area contributed by atoms with Crippen LogP contribution in [0.1, 0.15) is 33.4 Å². The van der Waals surface area contributed by atoms with E-state index in [1.54, 1.807) is 0 Å². The second-order valence-electron chi connectivity index (χ2n) is 18.1. The van der Waals surface area contributed by atoms with Crippen molar-refractivity contribution in [3.05, 3.63) is 246 Å². The van der Waals surface area contributed by atoms with E-state index >= 15 is 0 Å². The molecule has 2 nitrogen and oxygen atoms in total. The summed E-state index contributed by atoms with van der Waals surface area (Å²) in [6, 6.07) is 78.7. The number of hydrogen-bond donors (Lipinski definition) is 0. The van der Waals surface area contributed by atoms with Crippen LogP contribution in [0.15, 0.2) is 217 Å². The van der Waals surface area contributed by atoms with Crippen LogP contribution in [-0.2, 0) is 11.8 Å². The molecule has 3 aliphatic rings. The minimum Gasteiger partial charge on any atom is -0.455 e. The van der Waals surface area contributed by atoms with Gasteiger partial charge in [-0.25, -0.2) is 4.98 Å². The van der Waals surface area contributed by atoms with Crippen LogP contribution in [0, 0.1) is 0 Å². The Hall–Kier alpha value is -8.33. The lowest BCUT2D eigenvalue weighted by molar-refractivity contribution is 0.670. The molecule has 2 heteroatoms. The molecule has 0 saturated carbocycles. The summed E-state index contributed by atoms with van der Waals surface area (Å²) in [7, 11) is 0. The second kappa shape index (κ2) is 12.9. The van der Waals surface area contributed by atoms with E-state index in [4.69, 9.17) is 9.40 Å². The lowest BCUT2D eigenvalue weighted by Gasteiger charge is -2.30. The summed E-state index contributed by atoms with van der Waals surface area (Å²) in [6.07, 6.45) is 0.900. The van der Waals surface area contributed by atoms with E-state index in [0.29, 0.717) is 0 Å².